The predicted octanol–water partition coefficient (Wildman–Crippen LogP) is 1.74. The van der Waals surface area contributed by atoms with Crippen molar-refractivity contribution in [1.82, 2.24) is 29.6 Å². The highest BCUT2D eigenvalue weighted by Gasteiger charge is 2.20. The molecule has 3 aromatic heterocycles. The second-order valence-electron chi connectivity index (χ2n) is 6.23. The standard InChI is InChI=1S/C17H20N6O2S/c1-11-7-13(12(2)23(11)17-18-10-19-21-17)14-9-26-15(20-14)8-16(24)22-3-5-25-6-4-22/h7,9-10H,3-6,8H2,1-2H3,(H,18,19,21). The van der Waals surface area contributed by atoms with Gasteiger partial charge in [0, 0.05) is 35.4 Å². The monoisotopic (exact) mass is 372 g/mol. The van der Waals surface area contributed by atoms with Gasteiger partial charge in [-0.25, -0.2) is 10.1 Å². The van der Waals surface area contributed by atoms with Crippen molar-refractivity contribution in [2.45, 2.75) is 20.3 Å². The summed E-state index contributed by atoms with van der Waals surface area (Å²) in [5.74, 6) is 0.797. The van der Waals surface area contributed by atoms with E-state index in [0.29, 0.717) is 38.7 Å². The first kappa shape index (κ1) is 16.9. The Balaban J connectivity index is 1.55. The Morgan fingerprint density at radius 3 is 2.88 bits per heavy atom. The number of nitrogens with one attached hydrogen (secondary N) is 1. The van der Waals surface area contributed by atoms with Crippen LogP contribution in [0.1, 0.15) is 16.4 Å². The van der Waals surface area contributed by atoms with Gasteiger partial charge in [0.1, 0.15) is 11.3 Å². The van der Waals surface area contributed by atoms with Crippen LogP contribution in [0.15, 0.2) is 17.8 Å². The second kappa shape index (κ2) is 7.00. The van der Waals surface area contributed by atoms with Crippen LogP contribution >= 0.6 is 11.3 Å². The number of H-pyrrole nitrogens is 1. The van der Waals surface area contributed by atoms with Crippen LogP contribution in [0.3, 0.4) is 0 Å². The number of carbonyl (C=O) groups is 1. The normalized spacial score (nSPS) is 14.8. The van der Waals surface area contributed by atoms with E-state index in [2.05, 4.69) is 21.2 Å². The minimum absolute atomic E-state index is 0.112. The number of rotatable bonds is 4. The molecule has 9 heteroatoms. The molecule has 0 radical (unpaired) electrons. The van der Waals surface area contributed by atoms with Crippen molar-refractivity contribution >= 4 is 17.2 Å². The molecule has 26 heavy (non-hydrogen) atoms. The number of ether oxygens (including phenoxy) is 1. The lowest BCUT2D eigenvalue weighted by Gasteiger charge is -2.26. The molecule has 0 atom stereocenters. The minimum Gasteiger partial charge on any atom is -0.378 e. The Hall–Kier alpha value is -2.52. The van der Waals surface area contributed by atoms with E-state index in [0.717, 1.165) is 27.7 Å². The van der Waals surface area contributed by atoms with Gasteiger partial charge >= 0.3 is 0 Å². The topological polar surface area (TPSA) is 88.9 Å². The lowest BCUT2D eigenvalue weighted by Crippen LogP contribution is -2.41. The van der Waals surface area contributed by atoms with Crippen molar-refractivity contribution in [3.63, 3.8) is 0 Å². The van der Waals surface area contributed by atoms with Crippen LogP contribution in [-0.4, -0.2) is 61.8 Å². The Kier molecular flexibility index (Phi) is 4.56. The van der Waals surface area contributed by atoms with E-state index in [-0.39, 0.29) is 5.91 Å². The van der Waals surface area contributed by atoms with Crippen molar-refractivity contribution in [1.29, 1.82) is 0 Å². The van der Waals surface area contributed by atoms with E-state index in [9.17, 15) is 4.79 Å². The van der Waals surface area contributed by atoms with Gasteiger partial charge in [-0.05, 0) is 19.9 Å². The number of amides is 1. The van der Waals surface area contributed by atoms with Crippen molar-refractivity contribution in [3.05, 3.63) is 34.2 Å². The lowest BCUT2D eigenvalue weighted by molar-refractivity contribution is -0.134. The number of aromatic amines is 1. The van der Waals surface area contributed by atoms with Crippen LogP contribution < -0.4 is 0 Å². The zero-order chi connectivity index (χ0) is 18.1. The van der Waals surface area contributed by atoms with Gasteiger partial charge in [-0.3, -0.25) is 9.36 Å². The van der Waals surface area contributed by atoms with Crippen LogP contribution in [0.2, 0.25) is 0 Å². The van der Waals surface area contributed by atoms with Gasteiger partial charge in [-0.15, -0.1) is 11.3 Å². The molecule has 0 spiro atoms. The maximum absolute atomic E-state index is 12.4. The molecule has 4 heterocycles. The number of aromatic nitrogens is 5. The highest BCUT2D eigenvalue weighted by atomic mass is 32.1. The third kappa shape index (κ3) is 3.15. The van der Waals surface area contributed by atoms with Crippen molar-refractivity contribution in [3.8, 4) is 17.2 Å². The summed E-state index contributed by atoms with van der Waals surface area (Å²) in [5, 5.41) is 9.66. The first-order valence-corrected chi connectivity index (χ1v) is 9.36. The molecule has 136 valence electrons. The molecule has 1 saturated heterocycles. The largest absolute Gasteiger partial charge is 0.378 e. The van der Waals surface area contributed by atoms with Crippen molar-refractivity contribution in [2.24, 2.45) is 0 Å². The molecule has 0 aromatic carbocycles. The summed E-state index contributed by atoms with van der Waals surface area (Å²) < 4.78 is 7.31. The van der Waals surface area contributed by atoms with Gasteiger partial charge in [0.05, 0.1) is 25.3 Å². The van der Waals surface area contributed by atoms with Crippen molar-refractivity contribution < 1.29 is 9.53 Å². The average Bonchev–Trinajstić information content (AvgIpc) is 3.37. The number of hydrogen-bond donors (Lipinski definition) is 1. The minimum atomic E-state index is 0.112. The number of thiazole rings is 1. The molecule has 3 aromatic rings. The maximum atomic E-state index is 12.4. The summed E-state index contributed by atoms with van der Waals surface area (Å²) in [5.41, 5.74) is 4.02. The van der Waals surface area contributed by atoms with E-state index in [1.54, 1.807) is 0 Å². The van der Waals surface area contributed by atoms with Crippen LogP contribution in [0.5, 0.6) is 0 Å². The summed E-state index contributed by atoms with van der Waals surface area (Å²) >= 11 is 1.52. The summed E-state index contributed by atoms with van der Waals surface area (Å²) in [6, 6.07) is 2.08. The zero-order valence-electron chi connectivity index (χ0n) is 14.7. The number of carbonyl (C=O) groups excluding carboxylic acids is 1. The van der Waals surface area contributed by atoms with Crippen LogP contribution in [-0.2, 0) is 16.0 Å². The first-order chi connectivity index (χ1) is 12.6. The Morgan fingerprint density at radius 2 is 2.15 bits per heavy atom. The molecule has 1 aliphatic rings. The molecule has 1 N–H and O–H groups in total. The fourth-order valence-electron chi connectivity index (χ4n) is 3.22. The maximum Gasteiger partial charge on any atom is 0.229 e. The Labute approximate surface area is 154 Å². The molecule has 1 fully saturated rings. The van der Waals surface area contributed by atoms with Gasteiger partial charge in [-0.2, -0.15) is 10.1 Å². The van der Waals surface area contributed by atoms with Crippen LogP contribution in [0, 0.1) is 13.8 Å². The molecule has 4 rings (SSSR count). The summed E-state index contributed by atoms with van der Waals surface area (Å²) in [4.78, 5) is 23.2. The fourth-order valence-corrected chi connectivity index (χ4v) is 4.01. The third-order valence-electron chi connectivity index (χ3n) is 4.54. The van der Waals surface area contributed by atoms with E-state index >= 15 is 0 Å². The quantitative estimate of drug-likeness (QED) is 0.753. The third-order valence-corrected chi connectivity index (χ3v) is 5.39. The smallest absolute Gasteiger partial charge is 0.229 e. The molecule has 0 saturated carbocycles. The highest BCUT2D eigenvalue weighted by Crippen LogP contribution is 2.29. The Morgan fingerprint density at radius 1 is 1.35 bits per heavy atom. The van der Waals surface area contributed by atoms with Crippen LogP contribution in [0.4, 0.5) is 0 Å². The number of aryl methyl sites for hydroxylation is 1. The van der Waals surface area contributed by atoms with E-state index in [1.165, 1.54) is 17.7 Å². The fraction of sp³-hybridized carbons (Fsp3) is 0.412. The molecule has 1 aliphatic heterocycles. The molecule has 8 nitrogen and oxygen atoms in total. The van der Waals surface area contributed by atoms with Crippen molar-refractivity contribution in [2.75, 3.05) is 26.3 Å². The summed E-state index contributed by atoms with van der Waals surface area (Å²) in [6.07, 6.45) is 1.83. The van der Waals surface area contributed by atoms with Gasteiger partial charge in [-0.1, -0.05) is 0 Å². The first-order valence-electron chi connectivity index (χ1n) is 8.48. The molecular weight excluding hydrogens is 352 g/mol. The Bertz CT molecular complexity index is 908. The average molecular weight is 372 g/mol. The molecule has 0 aliphatic carbocycles. The van der Waals surface area contributed by atoms with E-state index in [1.807, 2.05) is 28.7 Å². The predicted molar refractivity (Wildman–Crippen MR) is 97.4 cm³/mol. The molecule has 0 bridgehead atoms. The number of hydrogen-bond acceptors (Lipinski definition) is 6. The van der Waals surface area contributed by atoms with Gasteiger partial charge in [0.15, 0.2) is 0 Å². The zero-order valence-corrected chi connectivity index (χ0v) is 15.5. The molecule has 0 unspecified atom stereocenters. The van der Waals surface area contributed by atoms with E-state index in [4.69, 9.17) is 9.72 Å². The number of morpholine rings is 1. The molecule has 1 amide bonds. The number of nitrogens with zero attached hydrogens (tertiary/aromatic N) is 5. The highest BCUT2D eigenvalue weighted by molar-refractivity contribution is 7.10. The van der Waals surface area contributed by atoms with Gasteiger partial charge in [0.25, 0.3) is 0 Å². The SMILES string of the molecule is Cc1cc(-c2csc(CC(=O)N3CCOCC3)n2)c(C)n1-c1ncn[nH]1. The van der Waals surface area contributed by atoms with Gasteiger partial charge in [0.2, 0.25) is 11.9 Å². The summed E-state index contributed by atoms with van der Waals surface area (Å²) in [6.45, 7) is 6.60. The lowest BCUT2D eigenvalue weighted by atomic mass is 10.2. The van der Waals surface area contributed by atoms with E-state index < -0.39 is 0 Å². The summed E-state index contributed by atoms with van der Waals surface area (Å²) in [7, 11) is 0. The molecular formula is C17H20N6O2S. The second-order valence-corrected chi connectivity index (χ2v) is 7.17. The van der Waals surface area contributed by atoms with Gasteiger partial charge < -0.3 is 9.64 Å². The van der Waals surface area contributed by atoms with Crippen LogP contribution in [0.25, 0.3) is 17.2 Å².